The number of ether oxygens (including phenoxy) is 1. The zero-order valence-corrected chi connectivity index (χ0v) is 10.9. The van der Waals surface area contributed by atoms with E-state index in [0.717, 1.165) is 5.75 Å². The van der Waals surface area contributed by atoms with Gasteiger partial charge in [0.15, 0.2) is 0 Å². The van der Waals surface area contributed by atoms with E-state index in [1.807, 2.05) is 38.1 Å². The van der Waals surface area contributed by atoms with Gasteiger partial charge in [-0.05, 0) is 26.0 Å². The summed E-state index contributed by atoms with van der Waals surface area (Å²) in [5, 5.41) is 0. The topological polar surface area (TPSA) is 52.3 Å². The summed E-state index contributed by atoms with van der Waals surface area (Å²) in [6.45, 7) is 7.68. The van der Waals surface area contributed by atoms with Gasteiger partial charge in [0, 0.05) is 0 Å². The minimum atomic E-state index is 0.0324. The number of hydrogen-bond acceptors (Lipinski definition) is 3. The van der Waals surface area contributed by atoms with E-state index in [4.69, 9.17) is 10.5 Å². The van der Waals surface area contributed by atoms with Crippen LogP contribution >= 0.6 is 0 Å². The molecule has 1 aromatic carbocycles. The molecule has 0 aliphatic heterocycles. The Hall–Kier alpha value is -1.35. The molecular formula is C13H23NO2. The summed E-state index contributed by atoms with van der Waals surface area (Å²) in [7, 11) is 1.67. The third kappa shape index (κ3) is 10.7. The molecule has 16 heavy (non-hydrogen) atoms. The molecule has 92 valence electrons. The Bertz CT molecular complexity index is 268. The lowest BCUT2D eigenvalue weighted by Gasteiger charge is -1.97. The minimum absolute atomic E-state index is 0.0324. The molecule has 3 heteroatoms. The summed E-state index contributed by atoms with van der Waals surface area (Å²) in [6, 6.07) is 7.96. The van der Waals surface area contributed by atoms with Gasteiger partial charge in [-0.3, -0.25) is 4.79 Å². The first-order chi connectivity index (χ1) is 7.60. The van der Waals surface area contributed by atoms with Crippen LogP contribution in [0.15, 0.2) is 24.3 Å². The van der Waals surface area contributed by atoms with Crippen LogP contribution in [0.2, 0.25) is 0 Å². The van der Waals surface area contributed by atoms with Crippen molar-refractivity contribution in [3.8, 4) is 5.75 Å². The van der Waals surface area contributed by atoms with Crippen LogP contribution in [-0.2, 0) is 4.79 Å². The van der Waals surface area contributed by atoms with Gasteiger partial charge < -0.3 is 10.5 Å². The van der Waals surface area contributed by atoms with Crippen LogP contribution in [0.1, 0.15) is 26.3 Å². The van der Waals surface area contributed by atoms with E-state index in [-0.39, 0.29) is 12.3 Å². The molecule has 0 unspecified atom stereocenters. The number of rotatable bonds is 2. The van der Waals surface area contributed by atoms with Gasteiger partial charge >= 0.3 is 0 Å². The lowest BCUT2D eigenvalue weighted by Crippen LogP contribution is -2.07. The van der Waals surface area contributed by atoms with E-state index >= 15 is 0 Å². The van der Waals surface area contributed by atoms with E-state index in [2.05, 4.69) is 6.92 Å². The van der Waals surface area contributed by atoms with Crippen molar-refractivity contribution in [1.82, 2.24) is 0 Å². The van der Waals surface area contributed by atoms with Gasteiger partial charge in [0.05, 0.1) is 13.7 Å². The minimum Gasteiger partial charge on any atom is -0.497 e. The first kappa shape index (κ1) is 17.1. The fraction of sp³-hybridized carbons (Fsp3) is 0.462. The predicted molar refractivity (Wildman–Crippen MR) is 68.8 cm³/mol. The molecule has 0 amide bonds. The molecule has 0 saturated heterocycles. The molecule has 0 aromatic heterocycles. The maximum atomic E-state index is 9.69. The van der Waals surface area contributed by atoms with E-state index in [1.54, 1.807) is 7.11 Å². The molecule has 1 aromatic rings. The van der Waals surface area contributed by atoms with Crippen LogP contribution in [0.25, 0.3) is 0 Å². The lowest BCUT2D eigenvalue weighted by molar-refractivity contribution is -0.115. The van der Waals surface area contributed by atoms with Crippen molar-refractivity contribution in [2.24, 2.45) is 5.73 Å². The van der Waals surface area contributed by atoms with Crippen molar-refractivity contribution in [2.45, 2.75) is 27.7 Å². The molecule has 0 radical (unpaired) electrons. The molecular weight excluding hydrogens is 202 g/mol. The highest BCUT2D eigenvalue weighted by Crippen LogP contribution is 2.09. The fourth-order valence-corrected chi connectivity index (χ4v) is 0.674. The number of methoxy groups -OCH3 is 1. The average molecular weight is 225 g/mol. The molecule has 0 fully saturated rings. The highest BCUT2D eigenvalue weighted by atomic mass is 16.5. The van der Waals surface area contributed by atoms with Gasteiger partial charge in [0.1, 0.15) is 11.5 Å². The van der Waals surface area contributed by atoms with Crippen molar-refractivity contribution in [3.63, 3.8) is 0 Å². The Kier molecular flexibility index (Phi) is 12.5. The zero-order valence-electron chi connectivity index (χ0n) is 10.9. The van der Waals surface area contributed by atoms with Gasteiger partial charge in [-0.1, -0.05) is 31.5 Å². The third-order valence-corrected chi connectivity index (χ3v) is 1.54. The summed E-state index contributed by atoms with van der Waals surface area (Å²) >= 11 is 0. The predicted octanol–water partition coefficient (Wildman–Crippen LogP) is 2.56. The number of carbonyl (C=O) groups excluding carboxylic acids is 1. The second kappa shape index (κ2) is 11.7. The van der Waals surface area contributed by atoms with Gasteiger partial charge in [-0.2, -0.15) is 0 Å². The molecule has 2 N–H and O–H groups in total. The number of Topliss-reactive ketones (excluding diaryl/α,β-unsaturated/α-hetero) is 1. The molecule has 3 nitrogen and oxygen atoms in total. The van der Waals surface area contributed by atoms with Crippen molar-refractivity contribution in [1.29, 1.82) is 0 Å². The lowest BCUT2D eigenvalue weighted by atomic mass is 10.2. The Morgan fingerprint density at radius 2 is 1.62 bits per heavy atom. The van der Waals surface area contributed by atoms with E-state index in [9.17, 15) is 4.79 Å². The Balaban J connectivity index is 0. The van der Waals surface area contributed by atoms with E-state index < -0.39 is 0 Å². The zero-order chi connectivity index (χ0) is 13.0. The summed E-state index contributed by atoms with van der Waals surface area (Å²) in [5.74, 6) is 0.950. The fourth-order valence-electron chi connectivity index (χ4n) is 0.674. The molecule has 0 bridgehead atoms. The Morgan fingerprint density at radius 1 is 1.25 bits per heavy atom. The van der Waals surface area contributed by atoms with Crippen LogP contribution in [0.3, 0.4) is 0 Å². The van der Waals surface area contributed by atoms with Gasteiger partial charge in [-0.15, -0.1) is 0 Å². The van der Waals surface area contributed by atoms with Crippen LogP contribution in [-0.4, -0.2) is 19.4 Å². The molecule has 1 rings (SSSR count). The van der Waals surface area contributed by atoms with Crippen molar-refractivity contribution in [3.05, 3.63) is 29.8 Å². The second-order valence-electron chi connectivity index (χ2n) is 2.92. The second-order valence-corrected chi connectivity index (χ2v) is 2.92. The van der Waals surface area contributed by atoms with E-state index in [0.29, 0.717) is 0 Å². The SMILES string of the molecule is CC.CC(=O)CN.COc1ccc(C)cc1. The quantitative estimate of drug-likeness (QED) is 0.841. The average Bonchev–Trinajstić information content (AvgIpc) is 2.33. The number of ketones is 1. The van der Waals surface area contributed by atoms with Crippen molar-refractivity contribution >= 4 is 5.78 Å². The van der Waals surface area contributed by atoms with Crippen LogP contribution in [0.5, 0.6) is 5.75 Å². The van der Waals surface area contributed by atoms with Gasteiger partial charge in [0.2, 0.25) is 0 Å². The van der Waals surface area contributed by atoms with Crippen molar-refractivity contribution < 1.29 is 9.53 Å². The first-order valence-corrected chi connectivity index (χ1v) is 5.40. The normalized spacial score (nSPS) is 7.88. The number of hydrogen-bond donors (Lipinski definition) is 1. The Labute approximate surface area is 98.6 Å². The highest BCUT2D eigenvalue weighted by Gasteiger charge is 1.85. The number of carbonyl (C=O) groups is 1. The summed E-state index contributed by atoms with van der Waals surface area (Å²) in [4.78, 5) is 9.69. The molecule has 0 saturated carbocycles. The smallest absolute Gasteiger partial charge is 0.143 e. The monoisotopic (exact) mass is 225 g/mol. The maximum Gasteiger partial charge on any atom is 0.143 e. The summed E-state index contributed by atoms with van der Waals surface area (Å²) < 4.78 is 4.97. The number of nitrogens with two attached hydrogens (primary N) is 1. The molecule has 0 aliphatic rings. The van der Waals surface area contributed by atoms with Gasteiger partial charge in [0.25, 0.3) is 0 Å². The molecule has 0 aliphatic carbocycles. The van der Waals surface area contributed by atoms with Crippen LogP contribution < -0.4 is 10.5 Å². The molecule has 0 spiro atoms. The maximum absolute atomic E-state index is 9.69. The van der Waals surface area contributed by atoms with Crippen molar-refractivity contribution in [2.75, 3.05) is 13.7 Å². The molecule has 0 heterocycles. The summed E-state index contributed by atoms with van der Waals surface area (Å²) in [5.41, 5.74) is 6.08. The molecule has 0 atom stereocenters. The van der Waals surface area contributed by atoms with Crippen LogP contribution in [0.4, 0.5) is 0 Å². The third-order valence-electron chi connectivity index (χ3n) is 1.54. The largest absolute Gasteiger partial charge is 0.497 e. The highest BCUT2D eigenvalue weighted by molar-refractivity contribution is 5.77. The summed E-state index contributed by atoms with van der Waals surface area (Å²) in [6.07, 6.45) is 0. The van der Waals surface area contributed by atoms with Crippen LogP contribution in [0, 0.1) is 6.92 Å². The number of benzene rings is 1. The van der Waals surface area contributed by atoms with Gasteiger partial charge in [-0.25, -0.2) is 0 Å². The number of aryl methyl sites for hydroxylation is 1. The Morgan fingerprint density at radius 3 is 1.88 bits per heavy atom. The first-order valence-electron chi connectivity index (χ1n) is 5.40. The van der Waals surface area contributed by atoms with E-state index in [1.165, 1.54) is 12.5 Å². The standard InChI is InChI=1S/C8H10O.C3H7NO.C2H6/c1-7-3-5-8(9-2)6-4-7;1-3(5)2-4;1-2/h3-6H,1-2H3;2,4H2,1H3;1-2H3.